The number of aromatic nitrogens is 1. The third kappa shape index (κ3) is 2.71. The summed E-state index contributed by atoms with van der Waals surface area (Å²) in [6, 6.07) is 7.41. The Bertz CT molecular complexity index is 515. The van der Waals surface area contributed by atoms with E-state index >= 15 is 0 Å². The normalized spacial score (nSPS) is 12.6. The Hall–Kier alpha value is -1.81. The van der Waals surface area contributed by atoms with Crippen LogP contribution in [0.5, 0.6) is 5.75 Å². The number of phenols is 1. The minimum Gasteiger partial charge on any atom is -0.508 e. The lowest BCUT2D eigenvalue weighted by Crippen LogP contribution is -2.19. The summed E-state index contributed by atoms with van der Waals surface area (Å²) in [5.74, 6) is 1.14. The Labute approximate surface area is 107 Å². The van der Waals surface area contributed by atoms with E-state index in [-0.39, 0.29) is 6.04 Å². The molecular weight excluding hydrogens is 228 g/mol. The first-order valence-corrected chi connectivity index (χ1v) is 6.02. The molecule has 0 fully saturated rings. The molecule has 2 N–H and O–H groups in total. The molecule has 4 nitrogen and oxygen atoms in total. The minimum atomic E-state index is 0.165. The maximum absolute atomic E-state index is 9.40. The summed E-state index contributed by atoms with van der Waals surface area (Å²) in [6.07, 6.45) is 0. The van der Waals surface area contributed by atoms with Crippen molar-refractivity contribution in [2.24, 2.45) is 0 Å². The molecule has 2 rings (SSSR count). The molecule has 0 bridgehead atoms. The summed E-state index contributed by atoms with van der Waals surface area (Å²) in [6.45, 7) is 6.63. The lowest BCUT2D eigenvalue weighted by Gasteiger charge is -2.13. The topological polar surface area (TPSA) is 58.3 Å². The van der Waals surface area contributed by atoms with Crippen LogP contribution in [-0.4, -0.2) is 10.3 Å². The molecule has 0 saturated carbocycles. The summed E-state index contributed by atoms with van der Waals surface area (Å²) in [4.78, 5) is 0. The quantitative estimate of drug-likeness (QED) is 0.871. The van der Waals surface area contributed by atoms with Gasteiger partial charge in [0.15, 0.2) is 0 Å². The first-order chi connectivity index (χ1) is 8.58. The van der Waals surface area contributed by atoms with Crippen molar-refractivity contribution >= 4 is 0 Å². The van der Waals surface area contributed by atoms with Gasteiger partial charge in [-0.05, 0) is 38.5 Å². The second kappa shape index (κ2) is 5.23. The number of aryl methyl sites for hydroxylation is 2. The smallest absolute Gasteiger partial charge is 0.138 e. The number of hydrogen-bond acceptors (Lipinski definition) is 4. The highest BCUT2D eigenvalue weighted by Gasteiger charge is 2.15. The average Bonchev–Trinajstić information content (AvgIpc) is 2.66. The summed E-state index contributed by atoms with van der Waals surface area (Å²) >= 11 is 0. The van der Waals surface area contributed by atoms with Crippen molar-refractivity contribution in [3.63, 3.8) is 0 Å². The van der Waals surface area contributed by atoms with Crippen molar-refractivity contribution in [1.82, 2.24) is 10.5 Å². The molecule has 18 heavy (non-hydrogen) atoms. The van der Waals surface area contributed by atoms with Crippen molar-refractivity contribution in [2.75, 3.05) is 0 Å². The van der Waals surface area contributed by atoms with E-state index in [9.17, 15) is 5.11 Å². The van der Waals surface area contributed by atoms with Crippen LogP contribution in [0.25, 0.3) is 0 Å². The van der Waals surface area contributed by atoms with Crippen LogP contribution < -0.4 is 5.32 Å². The molecule has 1 aromatic heterocycles. The van der Waals surface area contributed by atoms with Crippen molar-refractivity contribution in [3.8, 4) is 5.75 Å². The van der Waals surface area contributed by atoms with Crippen LogP contribution in [0.15, 0.2) is 28.8 Å². The lowest BCUT2D eigenvalue weighted by molar-refractivity contribution is 0.390. The summed E-state index contributed by atoms with van der Waals surface area (Å²) in [5, 5.41) is 16.7. The highest BCUT2D eigenvalue weighted by Crippen LogP contribution is 2.21. The number of nitrogens with one attached hydrogen (secondary N) is 1. The predicted octanol–water partition coefficient (Wildman–Crippen LogP) is 2.85. The molecule has 0 aliphatic rings. The molecule has 0 aliphatic heterocycles. The Balaban J connectivity index is 2.03. The fourth-order valence-electron chi connectivity index (χ4n) is 2.15. The average molecular weight is 246 g/mol. The maximum Gasteiger partial charge on any atom is 0.138 e. The largest absolute Gasteiger partial charge is 0.508 e. The van der Waals surface area contributed by atoms with Crippen LogP contribution in [0.3, 0.4) is 0 Å². The number of nitrogens with zero attached hydrogens (tertiary/aromatic N) is 1. The second-order valence-corrected chi connectivity index (χ2v) is 4.51. The first kappa shape index (κ1) is 12.6. The van der Waals surface area contributed by atoms with Gasteiger partial charge in [0.05, 0.1) is 5.69 Å². The molecular formula is C14H18N2O2. The fraction of sp³-hybridized carbons (Fsp3) is 0.357. The van der Waals surface area contributed by atoms with Gasteiger partial charge in [0, 0.05) is 18.2 Å². The number of benzene rings is 1. The molecule has 0 saturated heterocycles. The molecule has 1 atom stereocenters. The molecule has 0 aliphatic carbocycles. The Morgan fingerprint density at radius 2 is 2.17 bits per heavy atom. The summed E-state index contributed by atoms with van der Waals surface area (Å²) in [5.41, 5.74) is 3.08. The molecule has 0 amide bonds. The van der Waals surface area contributed by atoms with Gasteiger partial charge in [-0.1, -0.05) is 17.3 Å². The summed E-state index contributed by atoms with van der Waals surface area (Å²) < 4.78 is 5.16. The van der Waals surface area contributed by atoms with Crippen molar-refractivity contribution in [3.05, 3.63) is 46.8 Å². The van der Waals surface area contributed by atoms with E-state index in [2.05, 4.69) is 17.4 Å². The number of rotatable bonds is 4. The first-order valence-electron chi connectivity index (χ1n) is 6.02. The number of phenolic OH excluding ortho intramolecular Hbond substituents is 1. The van der Waals surface area contributed by atoms with E-state index in [1.807, 2.05) is 26.0 Å². The van der Waals surface area contributed by atoms with Crippen LogP contribution in [-0.2, 0) is 6.54 Å². The Morgan fingerprint density at radius 3 is 2.78 bits per heavy atom. The van der Waals surface area contributed by atoms with Gasteiger partial charge >= 0.3 is 0 Å². The van der Waals surface area contributed by atoms with E-state index < -0.39 is 0 Å². The van der Waals surface area contributed by atoms with Crippen LogP contribution in [0.4, 0.5) is 0 Å². The van der Waals surface area contributed by atoms with Gasteiger partial charge < -0.3 is 14.9 Å². The molecule has 2 aromatic rings. The monoisotopic (exact) mass is 246 g/mol. The van der Waals surface area contributed by atoms with Crippen LogP contribution in [0.1, 0.15) is 35.5 Å². The standard InChI is InChI=1S/C14H18N2O2/c1-9(14-10(2)16-18-11(14)3)15-8-12-5-4-6-13(17)7-12/h4-7,9,15,17H,8H2,1-3H3. The zero-order chi connectivity index (χ0) is 13.1. The van der Waals surface area contributed by atoms with Crippen molar-refractivity contribution < 1.29 is 9.63 Å². The molecule has 96 valence electrons. The second-order valence-electron chi connectivity index (χ2n) is 4.51. The molecule has 4 heteroatoms. The van der Waals surface area contributed by atoms with E-state index in [4.69, 9.17) is 4.52 Å². The summed E-state index contributed by atoms with van der Waals surface area (Å²) in [7, 11) is 0. The lowest BCUT2D eigenvalue weighted by atomic mass is 10.1. The third-order valence-electron chi connectivity index (χ3n) is 3.04. The Morgan fingerprint density at radius 1 is 1.39 bits per heavy atom. The van der Waals surface area contributed by atoms with Crippen molar-refractivity contribution in [2.45, 2.75) is 33.4 Å². The maximum atomic E-state index is 9.40. The fourth-order valence-corrected chi connectivity index (χ4v) is 2.15. The molecule has 1 aromatic carbocycles. The van der Waals surface area contributed by atoms with Crippen LogP contribution >= 0.6 is 0 Å². The van der Waals surface area contributed by atoms with E-state index in [1.54, 1.807) is 12.1 Å². The minimum absolute atomic E-state index is 0.165. The molecule has 0 radical (unpaired) electrons. The van der Waals surface area contributed by atoms with Gasteiger partial charge in [0.1, 0.15) is 11.5 Å². The number of hydrogen-bond donors (Lipinski definition) is 2. The third-order valence-corrected chi connectivity index (χ3v) is 3.04. The van der Waals surface area contributed by atoms with Gasteiger partial charge in [-0.3, -0.25) is 0 Å². The van der Waals surface area contributed by atoms with E-state index in [0.717, 1.165) is 22.6 Å². The van der Waals surface area contributed by atoms with E-state index in [1.165, 1.54) is 0 Å². The predicted molar refractivity (Wildman–Crippen MR) is 69.3 cm³/mol. The highest BCUT2D eigenvalue weighted by molar-refractivity contribution is 5.28. The zero-order valence-electron chi connectivity index (χ0n) is 10.9. The molecule has 1 unspecified atom stereocenters. The van der Waals surface area contributed by atoms with Gasteiger partial charge in [-0.2, -0.15) is 0 Å². The van der Waals surface area contributed by atoms with E-state index in [0.29, 0.717) is 12.3 Å². The van der Waals surface area contributed by atoms with Gasteiger partial charge in [0.2, 0.25) is 0 Å². The van der Waals surface area contributed by atoms with Crippen LogP contribution in [0.2, 0.25) is 0 Å². The van der Waals surface area contributed by atoms with Crippen LogP contribution in [0, 0.1) is 13.8 Å². The zero-order valence-corrected chi connectivity index (χ0v) is 10.9. The molecule has 1 heterocycles. The van der Waals surface area contributed by atoms with Gasteiger partial charge in [0.25, 0.3) is 0 Å². The van der Waals surface area contributed by atoms with Gasteiger partial charge in [-0.15, -0.1) is 0 Å². The molecule has 0 spiro atoms. The van der Waals surface area contributed by atoms with Gasteiger partial charge in [-0.25, -0.2) is 0 Å². The highest BCUT2D eigenvalue weighted by atomic mass is 16.5. The Kier molecular flexibility index (Phi) is 3.67. The number of aromatic hydroxyl groups is 1. The SMILES string of the molecule is Cc1noc(C)c1C(C)NCc1cccc(O)c1. The van der Waals surface area contributed by atoms with Crippen molar-refractivity contribution in [1.29, 1.82) is 0 Å².